The summed E-state index contributed by atoms with van der Waals surface area (Å²) in [5, 5.41) is 11.4. The molecule has 0 bridgehead atoms. The van der Waals surface area contributed by atoms with Gasteiger partial charge in [-0.2, -0.15) is 0 Å². The Kier molecular flexibility index (Phi) is 4.60. The molecule has 1 atom stereocenters. The largest absolute Gasteiger partial charge is 0.497 e. The standard InChI is InChI=1S/C17H22N4O2/c1-12(17-20-19-15-4-3-11-21(15)17)18-16(22)10-7-13-5-8-14(23-2)9-6-13/h5-6,8-9,12H,3-4,7,10-11H2,1-2H3,(H,18,22)/t12-/m0/s1. The van der Waals surface area contributed by atoms with Crippen LogP contribution in [0.5, 0.6) is 5.75 Å². The second-order valence-corrected chi connectivity index (χ2v) is 5.87. The van der Waals surface area contributed by atoms with Gasteiger partial charge in [-0.1, -0.05) is 12.1 Å². The maximum absolute atomic E-state index is 12.2. The summed E-state index contributed by atoms with van der Waals surface area (Å²) in [5.74, 6) is 2.74. The number of amides is 1. The van der Waals surface area contributed by atoms with E-state index in [2.05, 4.69) is 20.1 Å². The number of rotatable bonds is 6. The topological polar surface area (TPSA) is 69.0 Å². The highest BCUT2D eigenvalue weighted by atomic mass is 16.5. The van der Waals surface area contributed by atoms with Gasteiger partial charge in [0, 0.05) is 19.4 Å². The van der Waals surface area contributed by atoms with Crippen LogP contribution in [0.1, 0.15) is 43.0 Å². The summed E-state index contributed by atoms with van der Waals surface area (Å²) in [6.07, 6.45) is 3.25. The van der Waals surface area contributed by atoms with Crippen LogP contribution in [-0.4, -0.2) is 27.8 Å². The molecule has 2 heterocycles. The van der Waals surface area contributed by atoms with Gasteiger partial charge in [0.25, 0.3) is 0 Å². The Morgan fingerprint density at radius 1 is 1.35 bits per heavy atom. The fourth-order valence-corrected chi connectivity index (χ4v) is 2.92. The number of carbonyl (C=O) groups excluding carboxylic acids is 1. The molecule has 1 amide bonds. The van der Waals surface area contributed by atoms with E-state index in [1.807, 2.05) is 31.2 Å². The summed E-state index contributed by atoms with van der Waals surface area (Å²) in [4.78, 5) is 12.2. The first-order chi connectivity index (χ1) is 11.2. The number of nitrogens with zero attached hydrogens (tertiary/aromatic N) is 3. The number of fused-ring (bicyclic) bond motifs is 1. The lowest BCUT2D eigenvalue weighted by atomic mass is 10.1. The van der Waals surface area contributed by atoms with Crippen LogP contribution in [0.25, 0.3) is 0 Å². The zero-order valence-corrected chi connectivity index (χ0v) is 13.6. The molecule has 0 saturated heterocycles. The molecule has 1 aromatic heterocycles. The van der Waals surface area contributed by atoms with E-state index in [4.69, 9.17) is 4.74 Å². The van der Waals surface area contributed by atoms with E-state index in [0.717, 1.165) is 42.3 Å². The van der Waals surface area contributed by atoms with Crippen LogP contribution < -0.4 is 10.1 Å². The van der Waals surface area contributed by atoms with Crippen LogP contribution >= 0.6 is 0 Å². The highest BCUT2D eigenvalue weighted by Gasteiger charge is 2.22. The van der Waals surface area contributed by atoms with Crippen molar-refractivity contribution in [3.8, 4) is 5.75 Å². The minimum absolute atomic E-state index is 0.0312. The van der Waals surface area contributed by atoms with Gasteiger partial charge in [0.1, 0.15) is 11.6 Å². The molecule has 1 aliphatic heterocycles. The summed E-state index contributed by atoms with van der Waals surface area (Å²) in [6, 6.07) is 7.69. The van der Waals surface area contributed by atoms with Crippen LogP contribution in [-0.2, 0) is 24.2 Å². The van der Waals surface area contributed by atoms with E-state index < -0.39 is 0 Å². The van der Waals surface area contributed by atoms with E-state index >= 15 is 0 Å². The van der Waals surface area contributed by atoms with Crippen molar-refractivity contribution in [3.05, 3.63) is 41.5 Å². The van der Waals surface area contributed by atoms with Crippen LogP contribution in [0.4, 0.5) is 0 Å². The fourth-order valence-electron chi connectivity index (χ4n) is 2.92. The van der Waals surface area contributed by atoms with Gasteiger partial charge in [-0.15, -0.1) is 10.2 Å². The third-order valence-electron chi connectivity index (χ3n) is 4.20. The van der Waals surface area contributed by atoms with Gasteiger partial charge in [0.2, 0.25) is 5.91 Å². The second kappa shape index (κ2) is 6.81. The molecule has 0 saturated carbocycles. The third-order valence-corrected chi connectivity index (χ3v) is 4.20. The van der Waals surface area contributed by atoms with Crippen LogP contribution in [0, 0.1) is 0 Å². The zero-order valence-electron chi connectivity index (χ0n) is 13.6. The summed E-state index contributed by atoms with van der Waals surface area (Å²) in [6.45, 7) is 2.91. The molecule has 6 heteroatoms. The monoisotopic (exact) mass is 314 g/mol. The van der Waals surface area contributed by atoms with E-state index in [0.29, 0.717) is 12.8 Å². The minimum Gasteiger partial charge on any atom is -0.497 e. The summed E-state index contributed by atoms with van der Waals surface area (Å²) < 4.78 is 7.25. The highest BCUT2D eigenvalue weighted by Crippen LogP contribution is 2.19. The molecule has 122 valence electrons. The summed E-state index contributed by atoms with van der Waals surface area (Å²) >= 11 is 0. The number of hydrogen-bond donors (Lipinski definition) is 1. The normalized spacial score (nSPS) is 14.3. The smallest absolute Gasteiger partial charge is 0.220 e. The number of carbonyl (C=O) groups is 1. The highest BCUT2D eigenvalue weighted by molar-refractivity contribution is 5.76. The maximum atomic E-state index is 12.2. The molecule has 0 spiro atoms. The second-order valence-electron chi connectivity index (χ2n) is 5.87. The Hall–Kier alpha value is -2.37. The summed E-state index contributed by atoms with van der Waals surface area (Å²) in [7, 11) is 1.64. The molecule has 0 radical (unpaired) electrons. The maximum Gasteiger partial charge on any atom is 0.220 e. The molecule has 3 rings (SSSR count). The molecule has 2 aromatic rings. The number of benzene rings is 1. The first kappa shape index (κ1) is 15.5. The predicted octanol–water partition coefficient (Wildman–Crippen LogP) is 2.04. The van der Waals surface area contributed by atoms with Gasteiger partial charge in [-0.25, -0.2) is 0 Å². The molecule has 0 aliphatic carbocycles. The quantitative estimate of drug-likeness (QED) is 0.886. The van der Waals surface area contributed by atoms with Gasteiger partial charge in [0.05, 0.1) is 13.2 Å². The van der Waals surface area contributed by atoms with Crippen molar-refractivity contribution >= 4 is 5.91 Å². The molecule has 0 fully saturated rings. The van der Waals surface area contributed by atoms with Crippen molar-refractivity contribution in [1.82, 2.24) is 20.1 Å². The lowest BCUT2D eigenvalue weighted by Gasteiger charge is -2.14. The van der Waals surface area contributed by atoms with Crippen molar-refractivity contribution < 1.29 is 9.53 Å². The van der Waals surface area contributed by atoms with Gasteiger partial charge in [-0.05, 0) is 37.5 Å². The number of ether oxygens (including phenoxy) is 1. The Labute approximate surface area is 135 Å². The number of methoxy groups -OCH3 is 1. The first-order valence-corrected chi connectivity index (χ1v) is 8.01. The van der Waals surface area contributed by atoms with E-state index in [9.17, 15) is 4.79 Å². The van der Waals surface area contributed by atoms with Crippen molar-refractivity contribution in [3.63, 3.8) is 0 Å². The van der Waals surface area contributed by atoms with Crippen LogP contribution in [0.2, 0.25) is 0 Å². The number of aryl methyl sites for hydroxylation is 2. The third kappa shape index (κ3) is 3.52. The van der Waals surface area contributed by atoms with Gasteiger partial charge in [-0.3, -0.25) is 4.79 Å². The predicted molar refractivity (Wildman–Crippen MR) is 86.2 cm³/mol. The fraction of sp³-hybridized carbons (Fsp3) is 0.471. The lowest BCUT2D eigenvalue weighted by Crippen LogP contribution is -2.28. The molecule has 23 heavy (non-hydrogen) atoms. The molecular formula is C17H22N4O2. The Morgan fingerprint density at radius 3 is 2.87 bits per heavy atom. The average Bonchev–Trinajstić information content (AvgIpc) is 3.16. The van der Waals surface area contributed by atoms with Gasteiger partial charge in [0.15, 0.2) is 5.82 Å². The Morgan fingerprint density at radius 2 is 2.13 bits per heavy atom. The number of nitrogens with one attached hydrogen (secondary N) is 1. The van der Waals surface area contributed by atoms with E-state index in [-0.39, 0.29) is 11.9 Å². The molecule has 1 N–H and O–H groups in total. The molecular weight excluding hydrogens is 292 g/mol. The minimum atomic E-state index is -0.113. The molecule has 1 aromatic carbocycles. The van der Waals surface area contributed by atoms with Crippen LogP contribution in [0.15, 0.2) is 24.3 Å². The van der Waals surface area contributed by atoms with Crippen molar-refractivity contribution in [2.45, 2.75) is 45.2 Å². The van der Waals surface area contributed by atoms with E-state index in [1.165, 1.54) is 0 Å². The molecule has 6 nitrogen and oxygen atoms in total. The Bertz CT molecular complexity index is 678. The van der Waals surface area contributed by atoms with E-state index in [1.54, 1.807) is 7.11 Å². The van der Waals surface area contributed by atoms with Gasteiger partial charge < -0.3 is 14.6 Å². The Balaban J connectivity index is 1.52. The van der Waals surface area contributed by atoms with Crippen LogP contribution in [0.3, 0.4) is 0 Å². The van der Waals surface area contributed by atoms with Crippen molar-refractivity contribution in [1.29, 1.82) is 0 Å². The van der Waals surface area contributed by atoms with Crippen molar-refractivity contribution in [2.24, 2.45) is 0 Å². The average molecular weight is 314 g/mol. The van der Waals surface area contributed by atoms with Crippen molar-refractivity contribution in [2.75, 3.05) is 7.11 Å². The first-order valence-electron chi connectivity index (χ1n) is 8.01. The SMILES string of the molecule is COc1ccc(CCC(=O)N[C@@H](C)c2nnc3n2CCC3)cc1. The van der Waals surface area contributed by atoms with Gasteiger partial charge >= 0.3 is 0 Å². The molecule has 1 aliphatic rings. The lowest BCUT2D eigenvalue weighted by molar-refractivity contribution is -0.121. The summed E-state index contributed by atoms with van der Waals surface area (Å²) in [5.41, 5.74) is 1.12. The number of hydrogen-bond acceptors (Lipinski definition) is 4. The molecule has 0 unspecified atom stereocenters. The zero-order chi connectivity index (χ0) is 16.2. The number of aromatic nitrogens is 3.